The van der Waals surface area contributed by atoms with Crippen LogP contribution in [0, 0.1) is 5.92 Å². The Hall–Kier alpha value is -1.16. The van der Waals surface area contributed by atoms with Crippen LogP contribution in [0.4, 0.5) is 0 Å². The first-order valence-electron chi connectivity index (χ1n) is 4.38. The van der Waals surface area contributed by atoms with E-state index in [-0.39, 0.29) is 10.8 Å². The van der Waals surface area contributed by atoms with Gasteiger partial charge in [-0.15, -0.1) is 0 Å². The van der Waals surface area contributed by atoms with Crippen molar-refractivity contribution < 1.29 is 8.42 Å². The first kappa shape index (κ1) is 10.9. The van der Waals surface area contributed by atoms with Crippen molar-refractivity contribution in [3.63, 3.8) is 0 Å². The number of hydrogen-bond donors (Lipinski definition) is 0. The van der Waals surface area contributed by atoms with Crippen molar-refractivity contribution in [3.05, 3.63) is 35.3 Å². The van der Waals surface area contributed by atoms with Crippen LogP contribution in [0.3, 0.4) is 0 Å². The number of sulfonamides is 1. The van der Waals surface area contributed by atoms with E-state index in [9.17, 15) is 8.42 Å². The lowest BCUT2D eigenvalue weighted by atomic mass is 10.2. The first-order valence-corrected chi connectivity index (χ1v) is 5.82. The minimum absolute atomic E-state index is 0.233. The second-order valence-electron chi connectivity index (χ2n) is 3.01. The van der Waals surface area contributed by atoms with Gasteiger partial charge in [-0.2, -0.15) is 12.8 Å². The van der Waals surface area contributed by atoms with Crippen LogP contribution in [0.15, 0.2) is 39.7 Å². The molecule has 3 nitrogen and oxygen atoms in total. The summed E-state index contributed by atoms with van der Waals surface area (Å²) in [4.78, 5) is 0.233. The van der Waals surface area contributed by atoms with E-state index >= 15 is 0 Å². The Labute approximate surface area is 84.6 Å². The number of rotatable bonds is 2. The Bertz CT molecular complexity index is 413. The summed E-state index contributed by atoms with van der Waals surface area (Å²) in [7, 11) is -3.49. The summed E-state index contributed by atoms with van der Waals surface area (Å²) < 4.78 is 26.4. The van der Waals surface area contributed by atoms with Crippen LogP contribution in [0.2, 0.25) is 0 Å². The third-order valence-corrected chi connectivity index (χ3v) is 3.14. The molecule has 0 radical (unpaired) electrons. The third-order valence-electron chi connectivity index (χ3n) is 1.78. The van der Waals surface area contributed by atoms with Gasteiger partial charge in [0.15, 0.2) is 0 Å². The predicted molar refractivity (Wildman–Crippen MR) is 58.6 cm³/mol. The van der Waals surface area contributed by atoms with Crippen molar-refractivity contribution in [2.24, 2.45) is 10.3 Å². The molecule has 76 valence electrons. The van der Waals surface area contributed by atoms with E-state index in [0.29, 0.717) is 0 Å². The maximum atomic E-state index is 11.5. The Morgan fingerprint density at radius 2 is 2.14 bits per heavy atom. The molecule has 14 heavy (non-hydrogen) atoms. The van der Waals surface area contributed by atoms with Crippen molar-refractivity contribution in [2.75, 3.05) is 0 Å². The van der Waals surface area contributed by atoms with E-state index in [0.717, 1.165) is 0 Å². The number of hydrogen-bond acceptors (Lipinski definition) is 2. The fourth-order valence-electron chi connectivity index (χ4n) is 1.06. The van der Waals surface area contributed by atoms with Gasteiger partial charge in [-0.25, -0.2) is 0 Å². The molecule has 0 aliphatic heterocycles. The summed E-state index contributed by atoms with van der Waals surface area (Å²) >= 11 is 0. The topological polar surface area (TPSA) is 46.5 Å². The van der Waals surface area contributed by atoms with Gasteiger partial charge in [0.05, 0.1) is 4.91 Å². The highest BCUT2D eigenvalue weighted by Crippen LogP contribution is 2.15. The highest BCUT2D eigenvalue weighted by Gasteiger charge is 2.12. The largest absolute Gasteiger partial charge is 0.281 e. The molecule has 0 spiro atoms. The minimum atomic E-state index is -3.49. The Morgan fingerprint density at radius 1 is 1.43 bits per heavy atom. The fraction of sp³-hybridized carbons (Fsp3) is 0.300. The summed E-state index contributed by atoms with van der Waals surface area (Å²) in [6, 6.07) is 0. The SMILES string of the molecule is C/C=N\S(=O)(=O)C1=CC=CC(C)C=C1. The lowest BCUT2D eigenvalue weighted by Crippen LogP contribution is -1.97. The summed E-state index contributed by atoms with van der Waals surface area (Å²) in [6.07, 6.45) is 9.92. The molecule has 0 aromatic heterocycles. The Kier molecular flexibility index (Phi) is 3.41. The number of nitrogens with zero attached hydrogens (tertiary/aromatic N) is 1. The van der Waals surface area contributed by atoms with Crippen LogP contribution in [-0.4, -0.2) is 14.6 Å². The summed E-state index contributed by atoms with van der Waals surface area (Å²) in [5, 5.41) is 0. The van der Waals surface area contributed by atoms with E-state index in [2.05, 4.69) is 4.40 Å². The molecule has 0 aromatic rings. The highest BCUT2D eigenvalue weighted by atomic mass is 32.2. The Balaban J connectivity index is 3.07. The molecule has 0 amide bonds. The van der Waals surface area contributed by atoms with Gasteiger partial charge in [-0.05, 0) is 25.0 Å². The normalized spacial score (nSPS) is 22.4. The zero-order chi connectivity index (χ0) is 10.6. The molecule has 0 fully saturated rings. The molecule has 1 aliphatic carbocycles. The van der Waals surface area contributed by atoms with Crippen LogP contribution < -0.4 is 0 Å². The molecule has 4 heteroatoms. The van der Waals surface area contributed by atoms with E-state index in [1.165, 1.54) is 6.21 Å². The van der Waals surface area contributed by atoms with Gasteiger partial charge in [0, 0.05) is 6.21 Å². The maximum Gasteiger partial charge on any atom is 0.281 e. The van der Waals surface area contributed by atoms with Gasteiger partial charge < -0.3 is 0 Å². The zero-order valence-electron chi connectivity index (χ0n) is 8.21. The molecular weight excluding hydrogens is 198 g/mol. The van der Waals surface area contributed by atoms with Gasteiger partial charge in [-0.3, -0.25) is 0 Å². The summed E-state index contributed by atoms with van der Waals surface area (Å²) in [5.41, 5.74) is 0. The van der Waals surface area contributed by atoms with Crippen molar-refractivity contribution in [2.45, 2.75) is 13.8 Å². The van der Waals surface area contributed by atoms with E-state index in [4.69, 9.17) is 0 Å². The smallest absolute Gasteiger partial charge is 0.199 e. The van der Waals surface area contributed by atoms with Crippen molar-refractivity contribution in [3.8, 4) is 0 Å². The van der Waals surface area contributed by atoms with Crippen LogP contribution in [0.5, 0.6) is 0 Å². The lowest BCUT2D eigenvalue weighted by Gasteiger charge is -1.96. The van der Waals surface area contributed by atoms with Crippen molar-refractivity contribution in [1.82, 2.24) is 0 Å². The molecule has 1 aliphatic rings. The summed E-state index contributed by atoms with van der Waals surface area (Å²) in [6.45, 7) is 3.57. The lowest BCUT2D eigenvalue weighted by molar-refractivity contribution is 0.605. The summed E-state index contributed by atoms with van der Waals surface area (Å²) in [5.74, 6) is 0.254. The predicted octanol–water partition coefficient (Wildman–Crippen LogP) is 2.05. The van der Waals surface area contributed by atoms with E-state index in [1.807, 2.05) is 19.1 Å². The third kappa shape index (κ3) is 2.67. The second-order valence-corrected chi connectivity index (χ2v) is 4.64. The maximum absolute atomic E-state index is 11.5. The van der Waals surface area contributed by atoms with Crippen LogP contribution in [-0.2, 0) is 10.0 Å². The average Bonchev–Trinajstić information content (AvgIpc) is 2.30. The first-order chi connectivity index (χ1) is 6.56. The van der Waals surface area contributed by atoms with Crippen molar-refractivity contribution >= 4 is 16.2 Å². The van der Waals surface area contributed by atoms with Crippen molar-refractivity contribution in [1.29, 1.82) is 0 Å². The van der Waals surface area contributed by atoms with Gasteiger partial charge >= 0.3 is 0 Å². The van der Waals surface area contributed by atoms with Crippen LogP contribution in [0.1, 0.15) is 13.8 Å². The van der Waals surface area contributed by atoms with Gasteiger partial charge in [0.1, 0.15) is 0 Å². The molecule has 0 aromatic carbocycles. The fourth-order valence-corrected chi connectivity index (χ4v) is 1.96. The molecule has 0 saturated carbocycles. The van der Waals surface area contributed by atoms with E-state index < -0.39 is 10.0 Å². The molecule has 0 N–H and O–H groups in total. The van der Waals surface area contributed by atoms with Gasteiger partial charge in [0.25, 0.3) is 10.0 Å². The molecule has 0 saturated heterocycles. The molecule has 1 atom stereocenters. The van der Waals surface area contributed by atoms with E-state index in [1.54, 1.807) is 25.2 Å². The average molecular weight is 211 g/mol. The van der Waals surface area contributed by atoms with Gasteiger partial charge in [-0.1, -0.05) is 25.2 Å². The van der Waals surface area contributed by atoms with Crippen LogP contribution in [0.25, 0.3) is 0 Å². The molecule has 1 rings (SSSR count). The highest BCUT2D eigenvalue weighted by molar-refractivity contribution is 7.94. The molecule has 0 heterocycles. The molecule has 1 unspecified atom stereocenters. The second kappa shape index (κ2) is 4.37. The standard InChI is InChI=1S/C10H13NO2S/c1-3-11-14(12,13)10-6-4-5-9(2)7-8-10/h3-9H,1-2H3/b11-3-. The minimum Gasteiger partial charge on any atom is -0.199 e. The quantitative estimate of drug-likeness (QED) is 0.656. The van der Waals surface area contributed by atoms with Crippen LogP contribution >= 0.6 is 0 Å². The van der Waals surface area contributed by atoms with Gasteiger partial charge in [0.2, 0.25) is 0 Å². The monoisotopic (exact) mass is 211 g/mol. The molecular formula is C10H13NO2S. The number of allylic oxidation sites excluding steroid dienone is 5. The zero-order valence-corrected chi connectivity index (χ0v) is 9.03. The Morgan fingerprint density at radius 3 is 2.79 bits per heavy atom. The molecule has 0 bridgehead atoms.